The standard InChI is InChI=1S/C20H12N2O3S3.Na.H/c23-28(24,25)14-6-5-12-10-15-16(11-13(12)9-14)22-20(18-4-2-8-27-18)19(21-15)17-3-1-7-26-17;;/h1-11H,(H,23,24,25);;/q;+1;-1. The molecule has 0 atom stereocenters. The van der Waals surface area contributed by atoms with Crippen LogP contribution in [0.4, 0.5) is 0 Å². The average Bonchev–Trinajstić information content (AvgIpc) is 3.37. The first kappa shape index (κ1) is 20.6. The van der Waals surface area contributed by atoms with Crippen molar-refractivity contribution in [3.63, 3.8) is 0 Å². The Hall–Kier alpha value is -1.65. The third-order valence-electron chi connectivity index (χ3n) is 4.40. The van der Waals surface area contributed by atoms with Gasteiger partial charge in [-0.05, 0) is 57.9 Å². The monoisotopic (exact) mass is 448 g/mol. The van der Waals surface area contributed by atoms with Crippen LogP contribution in [0, 0.1) is 0 Å². The summed E-state index contributed by atoms with van der Waals surface area (Å²) in [5.41, 5.74) is 3.04. The van der Waals surface area contributed by atoms with Crippen LogP contribution in [-0.4, -0.2) is 22.9 Å². The minimum absolute atomic E-state index is 0. The zero-order valence-electron chi connectivity index (χ0n) is 16.2. The Kier molecular flexibility index (Phi) is 5.60. The van der Waals surface area contributed by atoms with Crippen LogP contribution in [0.2, 0.25) is 0 Å². The van der Waals surface area contributed by atoms with E-state index in [1.807, 2.05) is 47.2 Å². The molecule has 0 radical (unpaired) electrons. The maximum atomic E-state index is 11.5. The second-order valence-corrected chi connectivity index (χ2v) is 9.52. The van der Waals surface area contributed by atoms with Gasteiger partial charge in [0.2, 0.25) is 0 Å². The van der Waals surface area contributed by atoms with Crippen LogP contribution in [0.3, 0.4) is 0 Å². The number of rotatable bonds is 3. The van der Waals surface area contributed by atoms with E-state index in [2.05, 4.69) is 0 Å². The molecule has 1 N–H and O–H groups in total. The van der Waals surface area contributed by atoms with Gasteiger partial charge in [-0.2, -0.15) is 8.42 Å². The molecule has 2 aromatic carbocycles. The molecule has 0 saturated carbocycles. The number of aromatic nitrogens is 2. The van der Waals surface area contributed by atoms with Crippen molar-refractivity contribution in [3.05, 3.63) is 65.4 Å². The molecule has 3 aromatic heterocycles. The number of hydrogen-bond donors (Lipinski definition) is 1. The fourth-order valence-corrected chi connectivity index (χ4v) is 5.05. The molecule has 5 nitrogen and oxygen atoms in total. The molecule has 5 aromatic rings. The number of thiophene rings is 2. The molecule has 0 unspecified atom stereocenters. The Bertz CT molecular complexity index is 1440. The van der Waals surface area contributed by atoms with Gasteiger partial charge >= 0.3 is 29.6 Å². The first-order valence-corrected chi connectivity index (χ1v) is 11.5. The fourth-order valence-electron chi connectivity index (χ4n) is 3.11. The van der Waals surface area contributed by atoms with Crippen LogP contribution in [-0.2, 0) is 10.1 Å². The van der Waals surface area contributed by atoms with Crippen molar-refractivity contribution in [1.29, 1.82) is 0 Å². The molecule has 0 fully saturated rings. The number of nitrogens with zero attached hydrogens (tertiary/aromatic N) is 2. The van der Waals surface area contributed by atoms with Crippen LogP contribution in [0.15, 0.2) is 70.3 Å². The van der Waals surface area contributed by atoms with E-state index in [-0.39, 0.29) is 35.9 Å². The Balaban J connectivity index is 0.00000128. The third-order valence-corrected chi connectivity index (χ3v) is 7.00. The van der Waals surface area contributed by atoms with Gasteiger partial charge in [0, 0.05) is 0 Å². The number of fused-ring (bicyclic) bond motifs is 2. The van der Waals surface area contributed by atoms with Crippen molar-refractivity contribution in [2.45, 2.75) is 4.90 Å². The van der Waals surface area contributed by atoms with Crippen molar-refractivity contribution in [2.75, 3.05) is 0 Å². The average molecular weight is 449 g/mol. The molecule has 0 spiro atoms. The topological polar surface area (TPSA) is 80.2 Å². The maximum Gasteiger partial charge on any atom is 1.00 e. The third kappa shape index (κ3) is 3.89. The summed E-state index contributed by atoms with van der Waals surface area (Å²) in [7, 11) is -4.26. The van der Waals surface area contributed by atoms with Crippen molar-refractivity contribution in [1.82, 2.24) is 9.97 Å². The second kappa shape index (κ2) is 7.88. The first-order valence-electron chi connectivity index (χ1n) is 8.30. The zero-order chi connectivity index (χ0) is 19.3. The molecule has 9 heteroatoms. The SMILES string of the molecule is O=S(=O)(O)c1ccc2cc3nc(-c4cccs4)c(-c4cccs4)nc3cc2c1.[H-].[Na+]. The van der Waals surface area contributed by atoms with E-state index in [4.69, 9.17) is 9.97 Å². The molecule has 0 bridgehead atoms. The summed E-state index contributed by atoms with van der Waals surface area (Å²) in [5, 5.41) is 5.52. The van der Waals surface area contributed by atoms with Crippen LogP contribution >= 0.6 is 22.7 Å². The van der Waals surface area contributed by atoms with E-state index < -0.39 is 10.1 Å². The zero-order valence-corrected chi connectivity index (χ0v) is 19.7. The van der Waals surface area contributed by atoms with E-state index in [1.165, 1.54) is 12.1 Å². The van der Waals surface area contributed by atoms with E-state index in [0.29, 0.717) is 10.9 Å². The van der Waals surface area contributed by atoms with Gasteiger partial charge in [-0.25, -0.2) is 9.97 Å². The predicted octanol–water partition coefficient (Wildman–Crippen LogP) is 2.60. The molecule has 29 heavy (non-hydrogen) atoms. The van der Waals surface area contributed by atoms with Crippen molar-refractivity contribution < 1.29 is 44.0 Å². The summed E-state index contributed by atoms with van der Waals surface area (Å²) in [4.78, 5) is 11.7. The summed E-state index contributed by atoms with van der Waals surface area (Å²) in [5.74, 6) is 0. The van der Waals surface area contributed by atoms with Crippen LogP contribution in [0.25, 0.3) is 42.9 Å². The van der Waals surface area contributed by atoms with Gasteiger partial charge in [0.05, 0.1) is 25.7 Å². The predicted molar refractivity (Wildman–Crippen MR) is 115 cm³/mol. The minimum atomic E-state index is -4.26. The van der Waals surface area contributed by atoms with Gasteiger partial charge in [-0.15, -0.1) is 22.7 Å². The quantitative estimate of drug-likeness (QED) is 0.261. The smallest absolute Gasteiger partial charge is 1.00 e. The first-order chi connectivity index (χ1) is 13.5. The van der Waals surface area contributed by atoms with Crippen LogP contribution < -0.4 is 29.6 Å². The molecule has 0 aliphatic heterocycles. The van der Waals surface area contributed by atoms with Gasteiger partial charge in [0.25, 0.3) is 10.1 Å². The van der Waals surface area contributed by atoms with Crippen LogP contribution in [0.1, 0.15) is 1.43 Å². The normalized spacial score (nSPS) is 11.6. The Morgan fingerprint density at radius 2 is 1.34 bits per heavy atom. The molecule has 0 saturated heterocycles. The van der Waals surface area contributed by atoms with Crippen molar-refractivity contribution in [2.24, 2.45) is 0 Å². The molecular formula is C20H13N2NaO3S3. The van der Waals surface area contributed by atoms with Gasteiger partial charge < -0.3 is 1.43 Å². The van der Waals surface area contributed by atoms with Crippen LogP contribution in [0.5, 0.6) is 0 Å². The van der Waals surface area contributed by atoms with Gasteiger partial charge in [-0.3, -0.25) is 4.55 Å². The molecule has 0 aliphatic carbocycles. The van der Waals surface area contributed by atoms with Crippen molar-refractivity contribution in [3.8, 4) is 21.1 Å². The molecule has 0 aliphatic rings. The summed E-state index contributed by atoms with van der Waals surface area (Å²) in [6.07, 6.45) is 0. The summed E-state index contributed by atoms with van der Waals surface area (Å²) >= 11 is 3.21. The summed E-state index contributed by atoms with van der Waals surface area (Å²) < 4.78 is 32.2. The van der Waals surface area contributed by atoms with E-state index >= 15 is 0 Å². The Labute approximate surface area is 198 Å². The Morgan fingerprint density at radius 3 is 1.83 bits per heavy atom. The second-order valence-electron chi connectivity index (χ2n) is 6.20. The van der Waals surface area contributed by atoms with E-state index in [9.17, 15) is 13.0 Å². The number of hydrogen-bond acceptors (Lipinski definition) is 6. The largest absolute Gasteiger partial charge is 1.00 e. The molecule has 0 amide bonds. The maximum absolute atomic E-state index is 11.5. The minimum Gasteiger partial charge on any atom is -1.00 e. The van der Waals surface area contributed by atoms with Gasteiger partial charge in [-0.1, -0.05) is 18.2 Å². The van der Waals surface area contributed by atoms with Gasteiger partial charge in [0.1, 0.15) is 11.4 Å². The molecule has 5 rings (SSSR count). The molecule has 140 valence electrons. The van der Waals surface area contributed by atoms with Crippen molar-refractivity contribution >= 4 is 54.6 Å². The Morgan fingerprint density at radius 1 is 0.793 bits per heavy atom. The summed E-state index contributed by atoms with van der Waals surface area (Å²) in [6.45, 7) is 0. The molecule has 3 heterocycles. The number of benzene rings is 2. The van der Waals surface area contributed by atoms with E-state index in [0.717, 1.165) is 32.0 Å². The summed E-state index contributed by atoms with van der Waals surface area (Å²) in [6, 6.07) is 16.2. The van der Waals surface area contributed by atoms with E-state index in [1.54, 1.807) is 28.7 Å². The fraction of sp³-hybridized carbons (Fsp3) is 0. The molecular weight excluding hydrogens is 435 g/mol. The van der Waals surface area contributed by atoms with Gasteiger partial charge in [0.15, 0.2) is 0 Å².